The van der Waals surface area contributed by atoms with Crippen molar-refractivity contribution in [2.75, 3.05) is 0 Å². The molecule has 1 fully saturated rings. The maximum absolute atomic E-state index is 10.4. The van der Waals surface area contributed by atoms with Crippen molar-refractivity contribution in [3.8, 4) is 0 Å². The summed E-state index contributed by atoms with van der Waals surface area (Å²) in [6.07, 6.45) is 10.1. The van der Waals surface area contributed by atoms with Gasteiger partial charge in [0.2, 0.25) is 0 Å². The van der Waals surface area contributed by atoms with Gasteiger partial charge in [0.15, 0.2) is 0 Å². The topological polar surface area (TPSA) is 20.2 Å². The van der Waals surface area contributed by atoms with Crippen LogP contribution >= 0.6 is 0 Å². The Bertz CT molecular complexity index is 160. The van der Waals surface area contributed by atoms with Crippen LogP contribution in [0.15, 0.2) is 0 Å². The molecule has 2 atom stereocenters. The van der Waals surface area contributed by atoms with Crippen LogP contribution in [0.1, 0.15) is 72.1 Å². The molecule has 0 spiro atoms. The van der Waals surface area contributed by atoms with E-state index in [-0.39, 0.29) is 6.10 Å². The van der Waals surface area contributed by atoms with E-state index < -0.39 is 0 Å². The Hall–Kier alpha value is -0.0400. The van der Waals surface area contributed by atoms with Crippen LogP contribution in [0.2, 0.25) is 0 Å². The van der Waals surface area contributed by atoms with Crippen molar-refractivity contribution in [3.63, 3.8) is 0 Å². The Labute approximate surface area is 102 Å². The summed E-state index contributed by atoms with van der Waals surface area (Å²) >= 11 is 0. The van der Waals surface area contributed by atoms with E-state index >= 15 is 0 Å². The van der Waals surface area contributed by atoms with E-state index in [0.717, 1.165) is 5.92 Å². The van der Waals surface area contributed by atoms with Gasteiger partial charge in [-0.15, -0.1) is 0 Å². The zero-order valence-electron chi connectivity index (χ0n) is 11.4. The monoisotopic (exact) mass is 226 g/mol. The third kappa shape index (κ3) is 4.08. The molecule has 96 valence electrons. The van der Waals surface area contributed by atoms with Crippen molar-refractivity contribution in [2.24, 2.45) is 17.8 Å². The predicted octanol–water partition coefficient (Wildman–Crippen LogP) is 4.39. The minimum atomic E-state index is -0.00528. The van der Waals surface area contributed by atoms with Gasteiger partial charge >= 0.3 is 0 Å². The summed E-state index contributed by atoms with van der Waals surface area (Å²) in [6, 6.07) is 0. The fourth-order valence-electron chi connectivity index (χ4n) is 3.30. The van der Waals surface area contributed by atoms with E-state index in [1.807, 2.05) is 0 Å². The molecule has 0 aliphatic heterocycles. The first-order valence-electron chi connectivity index (χ1n) is 7.37. The Morgan fingerprint density at radius 3 is 1.75 bits per heavy atom. The molecule has 0 aromatic heterocycles. The molecule has 1 N–H and O–H groups in total. The van der Waals surface area contributed by atoms with Crippen LogP contribution in [0.5, 0.6) is 0 Å². The third-order valence-electron chi connectivity index (χ3n) is 4.23. The summed E-state index contributed by atoms with van der Waals surface area (Å²) in [7, 11) is 0. The van der Waals surface area contributed by atoms with Gasteiger partial charge in [0, 0.05) is 0 Å². The lowest BCUT2D eigenvalue weighted by Gasteiger charge is -2.38. The molecule has 1 saturated carbocycles. The molecule has 0 aromatic rings. The number of aliphatic hydroxyl groups excluding tert-OH is 1. The molecule has 0 radical (unpaired) electrons. The number of aliphatic hydroxyl groups is 1. The first-order chi connectivity index (χ1) is 7.69. The van der Waals surface area contributed by atoms with Gasteiger partial charge in [-0.3, -0.25) is 0 Å². The van der Waals surface area contributed by atoms with Crippen LogP contribution in [0.4, 0.5) is 0 Å². The molecule has 1 heteroatoms. The molecule has 2 unspecified atom stereocenters. The molecule has 0 bridgehead atoms. The van der Waals surface area contributed by atoms with Gasteiger partial charge < -0.3 is 5.11 Å². The zero-order chi connectivity index (χ0) is 12.0. The summed E-state index contributed by atoms with van der Waals surface area (Å²) in [4.78, 5) is 0. The lowest BCUT2D eigenvalue weighted by atomic mass is 9.70. The second-order valence-corrected chi connectivity index (χ2v) is 5.87. The zero-order valence-corrected chi connectivity index (χ0v) is 11.4. The van der Waals surface area contributed by atoms with Crippen molar-refractivity contribution < 1.29 is 5.11 Å². The third-order valence-corrected chi connectivity index (χ3v) is 4.23. The standard InChI is InChI=1S/C15H30O/c1-4-6-8-13-10-12(3)11-14(15(13)16)9-7-5-2/h12-16H,4-11H2,1-3H3. The van der Waals surface area contributed by atoms with E-state index in [1.165, 1.54) is 51.4 Å². The fourth-order valence-corrected chi connectivity index (χ4v) is 3.30. The van der Waals surface area contributed by atoms with Crippen molar-refractivity contribution in [1.29, 1.82) is 0 Å². The molecule has 0 aromatic carbocycles. The van der Waals surface area contributed by atoms with E-state index in [0.29, 0.717) is 11.8 Å². The normalized spacial score (nSPS) is 35.2. The molecule has 0 saturated heterocycles. The highest BCUT2D eigenvalue weighted by atomic mass is 16.3. The van der Waals surface area contributed by atoms with Crippen molar-refractivity contribution in [2.45, 2.75) is 78.2 Å². The highest BCUT2D eigenvalue weighted by molar-refractivity contribution is 4.84. The average molecular weight is 226 g/mol. The predicted molar refractivity (Wildman–Crippen MR) is 70.4 cm³/mol. The minimum absolute atomic E-state index is 0.00528. The second kappa shape index (κ2) is 7.32. The molecule has 1 nitrogen and oxygen atoms in total. The van der Waals surface area contributed by atoms with E-state index in [2.05, 4.69) is 20.8 Å². The lowest BCUT2D eigenvalue weighted by molar-refractivity contribution is -0.00893. The second-order valence-electron chi connectivity index (χ2n) is 5.87. The lowest BCUT2D eigenvalue weighted by Crippen LogP contribution is -2.36. The van der Waals surface area contributed by atoms with E-state index in [9.17, 15) is 5.11 Å². The van der Waals surface area contributed by atoms with Gasteiger partial charge in [0.05, 0.1) is 6.10 Å². The van der Waals surface area contributed by atoms with Crippen molar-refractivity contribution >= 4 is 0 Å². The molecular weight excluding hydrogens is 196 g/mol. The SMILES string of the molecule is CCCCC1CC(C)CC(CCCC)C1O. The highest BCUT2D eigenvalue weighted by Crippen LogP contribution is 2.38. The molecule has 0 amide bonds. The van der Waals surface area contributed by atoms with E-state index in [4.69, 9.17) is 0 Å². The van der Waals surface area contributed by atoms with Crippen LogP contribution in [-0.4, -0.2) is 11.2 Å². The van der Waals surface area contributed by atoms with Gasteiger partial charge in [0.1, 0.15) is 0 Å². The summed E-state index contributed by atoms with van der Waals surface area (Å²) in [6.45, 7) is 6.85. The Kier molecular flexibility index (Phi) is 6.41. The average Bonchev–Trinajstić information content (AvgIpc) is 2.28. The van der Waals surface area contributed by atoms with Crippen LogP contribution in [0.25, 0.3) is 0 Å². The number of unbranched alkanes of at least 4 members (excludes halogenated alkanes) is 2. The van der Waals surface area contributed by atoms with Crippen LogP contribution in [0.3, 0.4) is 0 Å². The molecule has 1 rings (SSSR count). The smallest absolute Gasteiger partial charge is 0.0596 e. The maximum Gasteiger partial charge on any atom is 0.0596 e. The quantitative estimate of drug-likeness (QED) is 0.712. The van der Waals surface area contributed by atoms with Gasteiger partial charge in [-0.2, -0.15) is 0 Å². The first kappa shape index (κ1) is 14.0. The number of hydrogen-bond donors (Lipinski definition) is 1. The summed E-state index contributed by atoms with van der Waals surface area (Å²) in [5.41, 5.74) is 0. The molecule has 1 aliphatic carbocycles. The Morgan fingerprint density at radius 2 is 1.38 bits per heavy atom. The highest BCUT2D eigenvalue weighted by Gasteiger charge is 2.33. The summed E-state index contributed by atoms with van der Waals surface area (Å²) in [5.74, 6) is 2.00. The van der Waals surface area contributed by atoms with Gasteiger partial charge in [0.25, 0.3) is 0 Å². The maximum atomic E-state index is 10.4. The molecule has 1 aliphatic rings. The summed E-state index contributed by atoms with van der Waals surface area (Å²) < 4.78 is 0. The van der Waals surface area contributed by atoms with Gasteiger partial charge in [-0.1, -0.05) is 46.5 Å². The summed E-state index contributed by atoms with van der Waals surface area (Å²) in [5, 5.41) is 10.4. The van der Waals surface area contributed by atoms with Crippen LogP contribution in [-0.2, 0) is 0 Å². The molecule has 16 heavy (non-hydrogen) atoms. The van der Waals surface area contributed by atoms with Crippen molar-refractivity contribution in [3.05, 3.63) is 0 Å². The fraction of sp³-hybridized carbons (Fsp3) is 1.00. The van der Waals surface area contributed by atoms with E-state index in [1.54, 1.807) is 0 Å². The minimum Gasteiger partial charge on any atom is -0.393 e. The largest absolute Gasteiger partial charge is 0.393 e. The van der Waals surface area contributed by atoms with Gasteiger partial charge in [-0.05, 0) is 43.4 Å². The number of hydrogen-bond acceptors (Lipinski definition) is 1. The molecule has 0 heterocycles. The number of rotatable bonds is 6. The Balaban J connectivity index is 2.44. The van der Waals surface area contributed by atoms with Crippen molar-refractivity contribution in [1.82, 2.24) is 0 Å². The molecular formula is C15H30O. The first-order valence-corrected chi connectivity index (χ1v) is 7.37. The van der Waals surface area contributed by atoms with Gasteiger partial charge in [-0.25, -0.2) is 0 Å². The van der Waals surface area contributed by atoms with Crippen LogP contribution in [0, 0.1) is 17.8 Å². The van der Waals surface area contributed by atoms with Crippen LogP contribution < -0.4 is 0 Å². The Morgan fingerprint density at radius 1 is 0.938 bits per heavy atom.